The molecule has 0 aliphatic carbocycles. The van der Waals surface area contributed by atoms with Crippen LogP contribution in [0.2, 0.25) is 0 Å². The van der Waals surface area contributed by atoms with Crippen LogP contribution < -0.4 is 4.90 Å². The summed E-state index contributed by atoms with van der Waals surface area (Å²) in [5.41, 5.74) is 2.16. The van der Waals surface area contributed by atoms with Gasteiger partial charge in [-0.2, -0.15) is 0 Å². The molecule has 5 nitrogen and oxygen atoms in total. The highest BCUT2D eigenvalue weighted by molar-refractivity contribution is 8.19. The average Bonchev–Trinajstić information content (AvgIpc) is 3.36. The Labute approximate surface area is 206 Å². The lowest BCUT2D eigenvalue weighted by Crippen LogP contribution is -2.29. The molecule has 1 fully saturated rings. The second-order valence-electron chi connectivity index (χ2n) is 7.99. The third-order valence-corrected chi connectivity index (χ3v) is 8.27. The van der Waals surface area contributed by atoms with Crippen molar-refractivity contribution in [3.8, 4) is 0 Å². The van der Waals surface area contributed by atoms with Crippen LogP contribution in [0.15, 0.2) is 111 Å². The van der Waals surface area contributed by atoms with Crippen LogP contribution >= 0.6 is 23.5 Å². The average molecular weight is 481 g/mol. The maximum Gasteiger partial charge on any atom is 0.269 e. The van der Waals surface area contributed by atoms with Crippen molar-refractivity contribution >= 4 is 56.9 Å². The first-order chi connectivity index (χ1) is 16.7. The van der Waals surface area contributed by atoms with Gasteiger partial charge in [-0.15, -0.1) is 0 Å². The molecule has 0 spiro atoms. The number of benzene rings is 3. The first kappa shape index (κ1) is 21.0. The van der Waals surface area contributed by atoms with Gasteiger partial charge >= 0.3 is 0 Å². The number of fused-ring (bicyclic) bond motifs is 2. The molecule has 0 saturated carbocycles. The fourth-order valence-corrected chi connectivity index (χ4v) is 6.43. The van der Waals surface area contributed by atoms with Crippen LogP contribution in [-0.2, 0) is 11.3 Å². The zero-order chi connectivity index (χ0) is 23.1. The van der Waals surface area contributed by atoms with Gasteiger partial charge in [0.05, 0.1) is 17.3 Å². The van der Waals surface area contributed by atoms with Crippen LogP contribution in [-0.4, -0.2) is 28.0 Å². The predicted octanol–water partition coefficient (Wildman–Crippen LogP) is 6.41. The van der Waals surface area contributed by atoms with E-state index in [-0.39, 0.29) is 5.91 Å². The molecule has 6 rings (SSSR count). The Bertz CT molecular complexity index is 1480. The van der Waals surface area contributed by atoms with Gasteiger partial charge in [0.25, 0.3) is 5.91 Å². The molecule has 0 unspecified atom stereocenters. The van der Waals surface area contributed by atoms with Crippen LogP contribution in [0.5, 0.6) is 0 Å². The van der Waals surface area contributed by atoms with Crippen molar-refractivity contribution in [2.75, 3.05) is 11.9 Å². The number of rotatable bonds is 3. The number of nitrogens with zero attached hydrogens (tertiary/aromatic N) is 4. The Balaban J connectivity index is 1.45. The first-order valence-electron chi connectivity index (χ1n) is 10.9. The van der Waals surface area contributed by atoms with Gasteiger partial charge in [-0.3, -0.25) is 9.69 Å². The number of thioether (sulfide) groups is 2. The molecule has 1 amide bonds. The van der Waals surface area contributed by atoms with Crippen LogP contribution in [0.4, 0.5) is 11.5 Å². The summed E-state index contributed by atoms with van der Waals surface area (Å²) in [4.78, 5) is 28.9. The Hall–Kier alpha value is -3.55. The summed E-state index contributed by atoms with van der Waals surface area (Å²) >= 11 is 3.06. The molecule has 1 saturated heterocycles. The number of anilines is 1. The molecule has 0 bridgehead atoms. The van der Waals surface area contributed by atoms with E-state index in [0.717, 1.165) is 31.9 Å². The minimum atomic E-state index is -0.0324. The molecule has 166 valence electrons. The summed E-state index contributed by atoms with van der Waals surface area (Å²) in [5, 5.41) is 3.61. The number of pyridine rings is 1. The lowest BCUT2D eigenvalue weighted by atomic mass is 10.2. The monoisotopic (exact) mass is 480 g/mol. The van der Waals surface area contributed by atoms with Crippen molar-refractivity contribution in [3.05, 3.63) is 107 Å². The normalized spacial score (nSPS) is 18.9. The van der Waals surface area contributed by atoms with Gasteiger partial charge in [0.2, 0.25) is 0 Å². The maximum atomic E-state index is 13.8. The highest BCUT2D eigenvalue weighted by atomic mass is 32.2. The lowest BCUT2D eigenvalue weighted by molar-refractivity contribution is -0.122. The molecule has 2 aliphatic rings. The zero-order valence-electron chi connectivity index (χ0n) is 18.4. The fraction of sp³-hybridized carbons (Fsp3) is 0.0741. The van der Waals surface area contributed by atoms with Crippen LogP contribution in [0.1, 0.15) is 5.56 Å². The number of para-hydroxylation sites is 1. The van der Waals surface area contributed by atoms with Gasteiger partial charge < -0.3 is 4.90 Å². The number of amidine groups is 1. The largest absolute Gasteiger partial charge is 0.337 e. The molecule has 3 heterocycles. The van der Waals surface area contributed by atoms with Crippen molar-refractivity contribution < 1.29 is 4.79 Å². The molecule has 4 aromatic rings. The Morgan fingerprint density at radius 2 is 1.65 bits per heavy atom. The number of hydrogen-bond acceptors (Lipinski definition) is 6. The summed E-state index contributed by atoms with van der Waals surface area (Å²) < 4.78 is 0. The molecule has 3 aromatic carbocycles. The highest BCUT2D eigenvalue weighted by Crippen LogP contribution is 2.50. The summed E-state index contributed by atoms with van der Waals surface area (Å²) in [6.45, 7) is 0.453. The van der Waals surface area contributed by atoms with E-state index in [4.69, 9.17) is 4.99 Å². The topological polar surface area (TPSA) is 48.8 Å². The summed E-state index contributed by atoms with van der Waals surface area (Å²) in [6, 6.07) is 28.3. The van der Waals surface area contributed by atoms with E-state index in [1.807, 2.05) is 79.8 Å². The molecule has 34 heavy (non-hydrogen) atoms. The van der Waals surface area contributed by atoms with Gasteiger partial charge in [0, 0.05) is 23.5 Å². The van der Waals surface area contributed by atoms with Crippen LogP contribution in [0, 0.1) is 0 Å². The molecule has 7 heteroatoms. The van der Waals surface area contributed by atoms with E-state index < -0.39 is 0 Å². The van der Waals surface area contributed by atoms with E-state index in [2.05, 4.69) is 22.0 Å². The molecular weight excluding hydrogens is 460 g/mol. The zero-order valence-corrected chi connectivity index (χ0v) is 20.0. The SMILES string of the molecule is CN1/C(=C2/SC(=Nc3nccc4ccccc34)N(Cc3ccccc3)C2=O)Sc2ccccc21. The van der Waals surface area contributed by atoms with Crippen molar-refractivity contribution in [1.29, 1.82) is 0 Å². The van der Waals surface area contributed by atoms with Gasteiger partial charge in [-0.25, -0.2) is 9.98 Å². The van der Waals surface area contributed by atoms with Gasteiger partial charge in [0.1, 0.15) is 4.91 Å². The Morgan fingerprint density at radius 3 is 2.50 bits per heavy atom. The number of carbonyl (C=O) groups is 1. The molecule has 1 aromatic heterocycles. The van der Waals surface area contributed by atoms with E-state index in [1.54, 1.807) is 22.9 Å². The maximum absolute atomic E-state index is 13.8. The van der Waals surface area contributed by atoms with Gasteiger partial charge in [-0.1, -0.05) is 78.5 Å². The number of aliphatic imine (C=N–C) groups is 1. The Morgan fingerprint density at radius 1 is 0.882 bits per heavy atom. The third kappa shape index (κ3) is 3.67. The fourth-order valence-electron chi connectivity index (χ4n) is 4.11. The molecule has 0 N–H and O–H groups in total. The van der Waals surface area contributed by atoms with E-state index in [0.29, 0.717) is 22.4 Å². The van der Waals surface area contributed by atoms with E-state index in [9.17, 15) is 4.79 Å². The number of aromatic nitrogens is 1. The van der Waals surface area contributed by atoms with Crippen LogP contribution in [0.3, 0.4) is 0 Å². The van der Waals surface area contributed by atoms with Gasteiger partial charge in [-0.05, 0) is 40.9 Å². The predicted molar refractivity (Wildman–Crippen MR) is 141 cm³/mol. The smallest absolute Gasteiger partial charge is 0.269 e. The Kier molecular flexibility index (Phi) is 5.36. The summed E-state index contributed by atoms with van der Waals surface area (Å²) in [5.74, 6) is 0.587. The second kappa shape index (κ2) is 8.66. The lowest BCUT2D eigenvalue weighted by Gasteiger charge is -2.17. The van der Waals surface area contributed by atoms with E-state index in [1.165, 1.54) is 11.8 Å². The van der Waals surface area contributed by atoms with Crippen molar-refractivity contribution in [3.63, 3.8) is 0 Å². The minimum Gasteiger partial charge on any atom is -0.337 e. The highest BCUT2D eigenvalue weighted by Gasteiger charge is 2.39. The number of carbonyl (C=O) groups excluding carboxylic acids is 1. The standard InChI is InChI=1S/C27H20N4OS2/c1-30-21-13-7-8-14-22(21)33-26(30)23-25(32)31(17-18-9-3-2-4-10-18)27(34-23)29-24-20-12-6-5-11-19(20)15-16-28-24/h2-16H,17H2,1H3/b26-23-,29-27?. The summed E-state index contributed by atoms with van der Waals surface area (Å²) in [6.07, 6.45) is 1.77. The molecule has 0 atom stereocenters. The molecular formula is C27H20N4OS2. The van der Waals surface area contributed by atoms with E-state index >= 15 is 0 Å². The first-order valence-corrected chi connectivity index (χ1v) is 12.5. The minimum absolute atomic E-state index is 0.0324. The van der Waals surface area contributed by atoms with Crippen molar-refractivity contribution in [2.45, 2.75) is 11.4 Å². The quantitative estimate of drug-likeness (QED) is 0.317. The van der Waals surface area contributed by atoms with Crippen LogP contribution in [0.25, 0.3) is 10.8 Å². The van der Waals surface area contributed by atoms with Crippen molar-refractivity contribution in [1.82, 2.24) is 9.88 Å². The summed E-state index contributed by atoms with van der Waals surface area (Å²) in [7, 11) is 2.01. The molecule has 0 radical (unpaired) electrons. The second-order valence-corrected chi connectivity index (χ2v) is 10.0. The number of amides is 1. The third-order valence-electron chi connectivity index (χ3n) is 5.83. The van der Waals surface area contributed by atoms with Crippen molar-refractivity contribution in [2.24, 2.45) is 4.99 Å². The number of hydrogen-bond donors (Lipinski definition) is 0. The van der Waals surface area contributed by atoms with Gasteiger partial charge in [0.15, 0.2) is 11.0 Å². The molecule has 2 aliphatic heterocycles.